The number of carbonyl (C=O) groups excluding carboxylic acids is 1. The predicted molar refractivity (Wildman–Crippen MR) is 111 cm³/mol. The molecule has 0 unspecified atom stereocenters. The fraction of sp³-hybridized carbons (Fsp3) is 0.429. The van der Waals surface area contributed by atoms with Crippen molar-refractivity contribution in [2.75, 3.05) is 18.5 Å². The number of aromatic nitrogens is 4. The first-order valence-electron chi connectivity index (χ1n) is 10.0. The van der Waals surface area contributed by atoms with E-state index in [0.717, 1.165) is 60.6 Å². The number of fused-ring (bicyclic) bond motifs is 1. The number of aryl methyl sites for hydroxylation is 2. The highest BCUT2D eigenvalue weighted by atomic mass is 16.5. The van der Waals surface area contributed by atoms with Crippen molar-refractivity contribution in [2.24, 2.45) is 0 Å². The van der Waals surface area contributed by atoms with Crippen molar-refractivity contribution in [1.29, 1.82) is 0 Å². The molecule has 8 heteroatoms. The molecule has 1 aliphatic rings. The van der Waals surface area contributed by atoms with E-state index < -0.39 is 0 Å². The molecule has 0 saturated carbocycles. The molecule has 3 aromatic heterocycles. The quantitative estimate of drug-likeness (QED) is 0.668. The molecule has 1 amide bonds. The normalized spacial score (nSPS) is 14.8. The van der Waals surface area contributed by atoms with Gasteiger partial charge in [0.25, 0.3) is 5.91 Å². The molecule has 0 radical (unpaired) electrons. The van der Waals surface area contributed by atoms with E-state index in [4.69, 9.17) is 9.72 Å². The molecule has 0 bridgehead atoms. The Kier molecular flexibility index (Phi) is 5.71. The van der Waals surface area contributed by atoms with Gasteiger partial charge in [-0.05, 0) is 38.8 Å². The van der Waals surface area contributed by atoms with Gasteiger partial charge in [-0.15, -0.1) is 0 Å². The summed E-state index contributed by atoms with van der Waals surface area (Å²) in [6.45, 7) is 6.68. The lowest BCUT2D eigenvalue weighted by Gasteiger charge is -2.26. The number of carbonyl (C=O) groups is 1. The second-order valence-electron chi connectivity index (χ2n) is 7.20. The van der Waals surface area contributed by atoms with Crippen molar-refractivity contribution >= 4 is 22.6 Å². The van der Waals surface area contributed by atoms with E-state index >= 15 is 0 Å². The van der Waals surface area contributed by atoms with E-state index in [0.29, 0.717) is 18.2 Å². The molecule has 1 aliphatic heterocycles. The Balaban J connectivity index is 1.66. The van der Waals surface area contributed by atoms with Crippen LogP contribution < -0.4 is 10.6 Å². The topological polar surface area (TPSA) is 94.0 Å². The summed E-state index contributed by atoms with van der Waals surface area (Å²) < 4.78 is 7.39. The van der Waals surface area contributed by atoms with Crippen LogP contribution in [0.1, 0.15) is 41.4 Å². The lowest BCUT2D eigenvalue weighted by molar-refractivity contribution is 0.0904. The monoisotopic (exact) mass is 394 g/mol. The molecule has 2 N–H and O–H groups in total. The van der Waals surface area contributed by atoms with Gasteiger partial charge in [-0.2, -0.15) is 5.10 Å². The third-order valence-electron chi connectivity index (χ3n) is 5.31. The number of nitrogens with one attached hydrogen (secondary N) is 2. The Hall–Kier alpha value is -3.00. The molecule has 4 rings (SSSR count). The molecule has 4 heterocycles. The summed E-state index contributed by atoms with van der Waals surface area (Å²) in [5.74, 6) is -0.154. The lowest BCUT2D eigenvalue weighted by Crippen LogP contribution is -2.30. The molecule has 1 saturated heterocycles. The Morgan fingerprint density at radius 2 is 2.14 bits per heavy atom. The van der Waals surface area contributed by atoms with Crippen LogP contribution in [0, 0.1) is 6.92 Å². The Morgan fingerprint density at radius 1 is 1.31 bits per heavy atom. The van der Waals surface area contributed by atoms with Crippen LogP contribution in [0.2, 0.25) is 0 Å². The summed E-state index contributed by atoms with van der Waals surface area (Å²) in [6.07, 6.45) is 6.98. The summed E-state index contributed by atoms with van der Waals surface area (Å²) in [7, 11) is 0. The molecule has 8 nitrogen and oxygen atoms in total. The Morgan fingerprint density at radius 3 is 2.86 bits per heavy atom. The average molecular weight is 394 g/mol. The van der Waals surface area contributed by atoms with Crippen LogP contribution in [-0.4, -0.2) is 44.9 Å². The number of amides is 1. The van der Waals surface area contributed by atoms with E-state index in [1.807, 2.05) is 17.8 Å². The van der Waals surface area contributed by atoms with Crippen molar-refractivity contribution in [3.8, 4) is 0 Å². The van der Waals surface area contributed by atoms with Crippen LogP contribution >= 0.6 is 0 Å². The summed E-state index contributed by atoms with van der Waals surface area (Å²) >= 11 is 0. The fourth-order valence-electron chi connectivity index (χ4n) is 3.67. The van der Waals surface area contributed by atoms with Gasteiger partial charge in [-0.3, -0.25) is 9.78 Å². The van der Waals surface area contributed by atoms with Gasteiger partial charge in [0.1, 0.15) is 0 Å². The van der Waals surface area contributed by atoms with Crippen LogP contribution in [0.15, 0.2) is 30.7 Å². The molecule has 152 valence electrons. The maximum absolute atomic E-state index is 12.5. The number of ether oxygens (including phenoxy) is 1. The van der Waals surface area contributed by atoms with Crippen LogP contribution in [0.4, 0.5) is 5.69 Å². The molecular formula is C21H26N6O2. The molecule has 0 aromatic carbocycles. The number of nitrogens with zero attached hydrogens (tertiary/aromatic N) is 4. The van der Waals surface area contributed by atoms with Crippen molar-refractivity contribution in [2.45, 2.75) is 45.8 Å². The summed E-state index contributed by atoms with van der Waals surface area (Å²) in [6, 6.07) is 3.83. The largest absolute Gasteiger partial charge is 0.381 e. The average Bonchev–Trinajstić information content (AvgIpc) is 3.17. The minimum atomic E-state index is -0.154. The maximum Gasteiger partial charge on any atom is 0.253 e. The second-order valence-corrected chi connectivity index (χ2v) is 7.20. The van der Waals surface area contributed by atoms with Crippen LogP contribution in [-0.2, 0) is 17.8 Å². The number of pyridine rings is 2. The van der Waals surface area contributed by atoms with Crippen LogP contribution in [0.25, 0.3) is 11.0 Å². The zero-order chi connectivity index (χ0) is 20.2. The van der Waals surface area contributed by atoms with Gasteiger partial charge in [0.15, 0.2) is 5.65 Å². The smallest absolute Gasteiger partial charge is 0.253 e. The van der Waals surface area contributed by atoms with Crippen molar-refractivity contribution < 1.29 is 9.53 Å². The highest BCUT2D eigenvalue weighted by Crippen LogP contribution is 2.30. The summed E-state index contributed by atoms with van der Waals surface area (Å²) in [5.41, 5.74) is 4.27. The van der Waals surface area contributed by atoms with Gasteiger partial charge in [0.2, 0.25) is 0 Å². The molecule has 0 aliphatic carbocycles. The van der Waals surface area contributed by atoms with Crippen molar-refractivity contribution in [3.63, 3.8) is 0 Å². The van der Waals surface area contributed by atoms with E-state index in [9.17, 15) is 4.79 Å². The van der Waals surface area contributed by atoms with E-state index in [1.54, 1.807) is 24.5 Å². The highest BCUT2D eigenvalue weighted by Gasteiger charge is 2.21. The Bertz CT molecular complexity index is 995. The van der Waals surface area contributed by atoms with Gasteiger partial charge >= 0.3 is 0 Å². The number of hydrogen-bond donors (Lipinski definition) is 2. The minimum absolute atomic E-state index is 0.154. The number of rotatable bonds is 6. The van der Waals surface area contributed by atoms with Crippen molar-refractivity contribution in [3.05, 3.63) is 47.5 Å². The first-order chi connectivity index (χ1) is 14.2. The zero-order valence-corrected chi connectivity index (χ0v) is 16.8. The zero-order valence-electron chi connectivity index (χ0n) is 16.8. The maximum atomic E-state index is 12.5. The van der Waals surface area contributed by atoms with Gasteiger partial charge in [0, 0.05) is 56.0 Å². The number of hydrogen-bond acceptors (Lipinski definition) is 6. The van der Waals surface area contributed by atoms with E-state index in [1.165, 1.54) is 0 Å². The molecule has 3 aromatic rings. The van der Waals surface area contributed by atoms with Crippen molar-refractivity contribution in [1.82, 2.24) is 25.1 Å². The van der Waals surface area contributed by atoms with Gasteiger partial charge in [-0.25, -0.2) is 9.67 Å². The molecular weight excluding hydrogens is 368 g/mol. The van der Waals surface area contributed by atoms with Gasteiger partial charge in [0.05, 0.1) is 22.8 Å². The Labute approximate surface area is 169 Å². The fourth-order valence-corrected chi connectivity index (χ4v) is 3.67. The third kappa shape index (κ3) is 4.07. The lowest BCUT2D eigenvalue weighted by atomic mass is 10.0. The highest BCUT2D eigenvalue weighted by molar-refractivity contribution is 5.95. The second kappa shape index (κ2) is 8.57. The predicted octanol–water partition coefficient (Wildman–Crippen LogP) is 2.68. The first kappa shape index (κ1) is 19.3. The first-order valence-corrected chi connectivity index (χ1v) is 10.0. The summed E-state index contributed by atoms with van der Waals surface area (Å²) in [4.78, 5) is 21.3. The van der Waals surface area contributed by atoms with Crippen LogP contribution in [0.3, 0.4) is 0 Å². The molecule has 0 atom stereocenters. The molecule has 1 fully saturated rings. The number of anilines is 1. The van der Waals surface area contributed by atoms with Gasteiger partial charge in [-0.1, -0.05) is 0 Å². The summed E-state index contributed by atoms with van der Waals surface area (Å²) in [5, 5.41) is 12.2. The SMILES string of the molecule is CCn1ncc2c(NC3CCOCC3)c(CNC(=O)c3cccnc3)c(C)nc21. The minimum Gasteiger partial charge on any atom is -0.381 e. The molecule has 0 spiro atoms. The van der Waals surface area contributed by atoms with Crippen LogP contribution in [0.5, 0.6) is 0 Å². The molecule has 29 heavy (non-hydrogen) atoms. The van der Waals surface area contributed by atoms with E-state index in [-0.39, 0.29) is 5.91 Å². The standard InChI is InChI=1S/C21H26N6O2/c1-3-27-20-18(13-24-27)19(26-16-6-9-29-10-7-16)17(14(2)25-20)12-23-21(28)15-5-4-8-22-11-15/h4-5,8,11,13,16H,3,6-7,9-10,12H2,1-2H3,(H,23,28)(H,25,26). The van der Waals surface area contributed by atoms with E-state index in [2.05, 4.69) is 27.6 Å². The third-order valence-corrected chi connectivity index (χ3v) is 5.31. The van der Waals surface area contributed by atoms with Gasteiger partial charge < -0.3 is 15.4 Å².